The molecule has 2 N–H and O–H groups in total. The van der Waals surface area contributed by atoms with Gasteiger partial charge < -0.3 is 19.9 Å². The number of carboxylic acid groups (broad SMARTS) is 1. The summed E-state index contributed by atoms with van der Waals surface area (Å²) >= 11 is 0. The van der Waals surface area contributed by atoms with E-state index in [1.807, 2.05) is 6.07 Å². The molecule has 10 nitrogen and oxygen atoms in total. The quantitative estimate of drug-likeness (QED) is 0.172. The Morgan fingerprint density at radius 3 is 2.67 bits per heavy atom. The maximum Gasteiger partial charge on any atom is 0.341 e. The first-order valence-electron chi connectivity index (χ1n) is 9.71. The van der Waals surface area contributed by atoms with Gasteiger partial charge in [0.1, 0.15) is 11.6 Å². The van der Waals surface area contributed by atoms with Gasteiger partial charge in [0.15, 0.2) is 18.1 Å². The zero-order valence-corrected chi connectivity index (χ0v) is 17.7. The number of nitro groups is 1. The van der Waals surface area contributed by atoms with E-state index in [1.54, 1.807) is 19.1 Å². The third kappa shape index (κ3) is 6.93. The number of hydrogen-bond acceptors (Lipinski definition) is 7. The minimum absolute atomic E-state index is 0.162. The number of amides is 1. The van der Waals surface area contributed by atoms with Crippen molar-refractivity contribution in [2.75, 3.05) is 18.5 Å². The van der Waals surface area contributed by atoms with E-state index in [4.69, 9.17) is 14.6 Å². The average molecular weight is 451 g/mol. The predicted molar refractivity (Wildman–Crippen MR) is 120 cm³/mol. The summed E-state index contributed by atoms with van der Waals surface area (Å²) in [4.78, 5) is 33.8. The van der Waals surface area contributed by atoms with Crippen molar-refractivity contribution in [3.8, 4) is 17.6 Å². The fourth-order valence-corrected chi connectivity index (χ4v) is 2.85. The molecule has 0 bridgehead atoms. The van der Waals surface area contributed by atoms with Crippen LogP contribution in [0.15, 0.2) is 54.6 Å². The molecule has 10 heteroatoms. The molecule has 1 amide bonds. The summed E-state index contributed by atoms with van der Waals surface area (Å²) in [5, 5.41) is 31.8. The summed E-state index contributed by atoms with van der Waals surface area (Å²) in [5.74, 6) is -1.43. The lowest BCUT2D eigenvalue weighted by molar-refractivity contribution is -0.384. The number of hydrogen-bond donors (Lipinski definition) is 2. The molecule has 0 fully saturated rings. The molecule has 0 heterocycles. The van der Waals surface area contributed by atoms with E-state index < -0.39 is 23.4 Å². The second-order valence-corrected chi connectivity index (χ2v) is 6.55. The van der Waals surface area contributed by atoms with Crippen LogP contribution >= 0.6 is 0 Å². The SMILES string of the molecule is C=CCc1cc(/C=C(\C#N)C(=O)Nc2cccc([N+](=O)[O-])c2)cc(OCC)c1OCC(=O)O. The van der Waals surface area contributed by atoms with Gasteiger partial charge >= 0.3 is 5.97 Å². The maximum absolute atomic E-state index is 12.6. The van der Waals surface area contributed by atoms with Gasteiger partial charge in [0.2, 0.25) is 0 Å². The predicted octanol–water partition coefficient (Wildman–Crippen LogP) is 3.73. The molecule has 33 heavy (non-hydrogen) atoms. The molecule has 0 spiro atoms. The van der Waals surface area contributed by atoms with Gasteiger partial charge in [-0.2, -0.15) is 5.26 Å². The Kier molecular flexibility index (Phi) is 8.70. The van der Waals surface area contributed by atoms with Crippen molar-refractivity contribution in [3.63, 3.8) is 0 Å². The molecule has 0 atom stereocenters. The summed E-state index contributed by atoms with van der Waals surface area (Å²) in [6, 6.07) is 10.3. The third-order valence-corrected chi connectivity index (χ3v) is 4.15. The molecule has 170 valence electrons. The topological polar surface area (TPSA) is 152 Å². The standard InChI is InChI=1S/C23H21N3O7/c1-3-6-16-9-15(11-20(32-4-2)22(16)33-14-21(27)28)10-17(13-24)23(29)25-18-7-5-8-19(12-18)26(30)31/h3,5,7-12H,1,4,6,14H2,2H3,(H,25,29)(H,27,28)/b17-10+. The van der Waals surface area contributed by atoms with Crippen molar-refractivity contribution in [3.05, 3.63) is 75.9 Å². The number of rotatable bonds is 11. The molecular formula is C23H21N3O7. The summed E-state index contributed by atoms with van der Waals surface area (Å²) in [7, 11) is 0. The van der Waals surface area contributed by atoms with Gasteiger partial charge in [-0.25, -0.2) is 4.79 Å². The largest absolute Gasteiger partial charge is 0.490 e. The van der Waals surface area contributed by atoms with Crippen LogP contribution < -0.4 is 14.8 Å². The van der Waals surface area contributed by atoms with Gasteiger partial charge in [-0.3, -0.25) is 14.9 Å². The molecular weight excluding hydrogens is 430 g/mol. The van der Waals surface area contributed by atoms with Gasteiger partial charge in [-0.15, -0.1) is 6.58 Å². The summed E-state index contributed by atoms with van der Waals surface area (Å²) in [6.45, 7) is 5.11. The second-order valence-electron chi connectivity index (χ2n) is 6.55. The lowest BCUT2D eigenvalue weighted by Gasteiger charge is -2.16. The van der Waals surface area contributed by atoms with E-state index in [2.05, 4.69) is 11.9 Å². The zero-order chi connectivity index (χ0) is 24.4. The lowest BCUT2D eigenvalue weighted by Crippen LogP contribution is -2.14. The Balaban J connectivity index is 2.42. The molecule has 0 saturated carbocycles. The number of carbonyl (C=O) groups excluding carboxylic acids is 1. The molecule has 2 rings (SSSR count). The average Bonchev–Trinajstić information content (AvgIpc) is 2.77. The molecule has 2 aromatic carbocycles. The van der Waals surface area contributed by atoms with Crippen molar-refractivity contribution < 1.29 is 29.1 Å². The molecule has 0 aliphatic heterocycles. The Labute approximate surface area is 189 Å². The Morgan fingerprint density at radius 2 is 2.06 bits per heavy atom. The van der Waals surface area contributed by atoms with E-state index in [0.29, 0.717) is 17.5 Å². The van der Waals surface area contributed by atoms with Crippen LogP contribution in [-0.2, 0) is 16.0 Å². The molecule has 2 aromatic rings. The second kappa shape index (κ2) is 11.7. The van der Waals surface area contributed by atoms with Crippen molar-refractivity contribution in [1.29, 1.82) is 5.26 Å². The summed E-state index contributed by atoms with van der Waals surface area (Å²) < 4.78 is 11.0. The number of aliphatic carboxylic acids is 1. The van der Waals surface area contributed by atoms with Crippen molar-refractivity contribution in [2.45, 2.75) is 13.3 Å². The van der Waals surface area contributed by atoms with Crippen molar-refractivity contribution >= 4 is 29.3 Å². The van der Waals surface area contributed by atoms with Crippen LogP contribution in [0.5, 0.6) is 11.5 Å². The van der Waals surface area contributed by atoms with Gasteiger partial charge in [0, 0.05) is 23.4 Å². The molecule has 0 aliphatic rings. The van der Waals surface area contributed by atoms with Crippen LogP contribution in [0.2, 0.25) is 0 Å². The van der Waals surface area contributed by atoms with Gasteiger partial charge in [0.05, 0.1) is 11.5 Å². The highest BCUT2D eigenvalue weighted by molar-refractivity contribution is 6.09. The minimum atomic E-state index is -1.16. The molecule has 0 saturated heterocycles. The Hall–Kier alpha value is -4.65. The molecule has 0 radical (unpaired) electrons. The molecule has 0 aliphatic carbocycles. The van der Waals surface area contributed by atoms with Crippen LogP contribution in [-0.4, -0.2) is 35.1 Å². The normalized spacial score (nSPS) is 10.6. The monoisotopic (exact) mass is 451 g/mol. The van der Waals surface area contributed by atoms with E-state index in [-0.39, 0.29) is 35.1 Å². The minimum Gasteiger partial charge on any atom is -0.490 e. The fraction of sp³-hybridized carbons (Fsp3) is 0.174. The number of nitro benzene ring substituents is 1. The Bertz CT molecular complexity index is 1150. The van der Waals surface area contributed by atoms with Gasteiger partial charge in [-0.05, 0) is 43.2 Å². The highest BCUT2D eigenvalue weighted by Gasteiger charge is 2.16. The number of carbonyl (C=O) groups is 2. The van der Waals surface area contributed by atoms with E-state index in [0.717, 1.165) is 0 Å². The highest BCUT2D eigenvalue weighted by atomic mass is 16.6. The highest BCUT2D eigenvalue weighted by Crippen LogP contribution is 2.35. The van der Waals surface area contributed by atoms with E-state index in [1.165, 1.54) is 36.4 Å². The van der Waals surface area contributed by atoms with Crippen LogP contribution in [0.25, 0.3) is 6.08 Å². The summed E-state index contributed by atoms with van der Waals surface area (Å²) in [6.07, 6.45) is 3.23. The number of allylic oxidation sites excluding steroid dienone is 1. The number of non-ortho nitro benzene ring substituents is 1. The smallest absolute Gasteiger partial charge is 0.341 e. The first kappa shape index (κ1) is 24.6. The molecule has 0 unspecified atom stereocenters. The third-order valence-electron chi connectivity index (χ3n) is 4.15. The number of nitrogens with zero attached hydrogens (tertiary/aromatic N) is 2. The maximum atomic E-state index is 12.6. The first-order valence-corrected chi connectivity index (χ1v) is 9.71. The summed E-state index contributed by atoms with van der Waals surface area (Å²) in [5.41, 5.74) is 0.689. The zero-order valence-electron chi connectivity index (χ0n) is 17.7. The number of anilines is 1. The van der Waals surface area contributed by atoms with Crippen LogP contribution in [0, 0.1) is 21.4 Å². The molecule has 0 aromatic heterocycles. The number of carboxylic acids is 1. The number of benzene rings is 2. The Morgan fingerprint density at radius 1 is 1.30 bits per heavy atom. The van der Waals surface area contributed by atoms with Crippen LogP contribution in [0.1, 0.15) is 18.1 Å². The lowest BCUT2D eigenvalue weighted by atomic mass is 10.0. The van der Waals surface area contributed by atoms with E-state index in [9.17, 15) is 25.0 Å². The number of ether oxygens (including phenoxy) is 2. The van der Waals surface area contributed by atoms with Crippen molar-refractivity contribution in [2.24, 2.45) is 0 Å². The van der Waals surface area contributed by atoms with E-state index >= 15 is 0 Å². The van der Waals surface area contributed by atoms with Gasteiger partial charge in [0.25, 0.3) is 11.6 Å². The first-order chi connectivity index (χ1) is 15.8. The van der Waals surface area contributed by atoms with Crippen molar-refractivity contribution in [1.82, 2.24) is 0 Å². The number of nitriles is 1. The fourth-order valence-electron chi connectivity index (χ4n) is 2.85. The number of nitrogens with one attached hydrogen (secondary N) is 1. The van der Waals surface area contributed by atoms with Crippen LogP contribution in [0.4, 0.5) is 11.4 Å². The van der Waals surface area contributed by atoms with Crippen LogP contribution in [0.3, 0.4) is 0 Å². The van der Waals surface area contributed by atoms with Gasteiger partial charge in [-0.1, -0.05) is 12.1 Å².